The summed E-state index contributed by atoms with van der Waals surface area (Å²) in [6.45, 7) is 2.31. The number of pyridine rings is 1. The zero-order chi connectivity index (χ0) is 23.1. The van der Waals surface area contributed by atoms with E-state index >= 15 is 0 Å². The molecule has 6 nitrogen and oxygen atoms in total. The summed E-state index contributed by atoms with van der Waals surface area (Å²) in [5.74, 6) is -0.265. The van der Waals surface area contributed by atoms with Crippen LogP contribution in [0.15, 0.2) is 71.7 Å². The van der Waals surface area contributed by atoms with Gasteiger partial charge in [-0.1, -0.05) is 49.4 Å². The van der Waals surface area contributed by atoms with E-state index in [1.165, 1.54) is 18.2 Å². The summed E-state index contributed by atoms with van der Waals surface area (Å²) in [5, 5.41) is 2.13. The van der Waals surface area contributed by atoms with E-state index in [2.05, 4.69) is 11.9 Å². The number of hydrogen-bond donors (Lipinski definition) is 0. The Kier molecular flexibility index (Phi) is 5.40. The maximum Gasteiger partial charge on any atom is 0.277 e. The van der Waals surface area contributed by atoms with Crippen LogP contribution >= 0.6 is 0 Å². The first kappa shape index (κ1) is 21.2. The van der Waals surface area contributed by atoms with Gasteiger partial charge in [0.25, 0.3) is 5.91 Å². The number of benzene rings is 2. The lowest BCUT2D eigenvalue weighted by atomic mass is 9.87. The van der Waals surface area contributed by atoms with Gasteiger partial charge >= 0.3 is 0 Å². The second-order valence-electron chi connectivity index (χ2n) is 8.81. The second kappa shape index (κ2) is 8.39. The summed E-state index contributed by atoms with van der Waals surface area (Å²) in [6, 6.07) is 17.4. The molecule has 0 spiro atoms. The lowest BCUT2D eigenvalue weighted by Crippen LogP contribution is -2.65. The molecule has 170 valence electrons. The van der Waals surface area contributed by atoms with Crippen LogP contribution in [-0.2, 0) is 6.61 Å². The van der Waals surface area contributed by atoms with Crippen molar-refractivity contribution in [3.8, 4) is 5.75 Å². The van der Waals surface area contributed by atoms with E-state index in [1.807, 2.05) is 30.3 Å². The normalized spacial score (nSPS) is 22.0. The van der Waals surface area contributed by atoms with Crippen LogP contribution in [0.3, 0.4) is 0 Å². The van der Waals surface area contributed by atoms with Crippen LogP contribution < -0.4 is 15.2 Å². The van der Waals surface area contributed by atoms with E-state index in [0.717, 1.165) is 24.0 Å². The van der Waals surface area contributed by atoms with Crippen LogP contribution in [0.25, 0.3) is 0 Å². The fourth-order valence-electron chi connectivity index (χ4n) is 5.04. The molecule has 33 heavy (non-hydrogen) atoms. The summed E-state index contributed by atoms with van der Waals surface area (Å²) >= 11 is 0. The molecule has 5 rings (SSSR count). The molecular formula is C26H26FN3O3. The Labute approximate surface area is 191 Å². The van der Waals surface area contributed by atoms with Crippen molar-refractivity contribution < 1.29 is 13.9 Å². The predicted octanol–water partition coefficient (Wildman–Crippen LogP) is 4.09. The van der Waals surface area contributed by atoms with Crippen molar-refractivity contribution in [1.82, 2.24) is 9.58 Å². The number of nitrogens with zero attached hydrogens (tertiary/aromatic N) is 3. The maximum absolute atomic E-state index is 13.6. The molecule has 3 heterocycles. The molecule has 2 aromatic carbocycles. The van der Waals surface area contributed by atoms with E-state index in [1.54, 1.807) is 35.0 Å². The third kappa shape index (κ3) is 3.67. The van der Waals surface area contributed by atoms with Gasteiger partial charge in [0, 0.05) is 19.3 Å². The Balaban J connectivity index is 1.61. The largest absolute Gasteiger partial charge is 0.482 e. The zero-order valence-electron chi connectivity index (χ0n) is 18.6. The Morgan fingerprint density at radius 1 is 1.00 bits per heavy atom. The number of aromatic nitrogens is 1. The predicted molar refractivity (Wildman–Crippen MR) is 123 cm³/mol. The molecule has 0 radical (unpaired) electrons. The van der Waals surface area contributed by atoms with E-state index in [9.17, 15) is 14.0 Å². The minimum atomic E-state index is -0.333. The first-order valence-electron chi connectivity index (χ1n) is 11.2. The maximum atomic E-state index is 13.6. The highest BCUT2D eigenvalue weighted by Gasteiger charge is 2.46. The van der Waals surface area contributed by atoms with Gasteiger partial charge in [-0.2, -0.15) is 0 Å². The van der Waals surface area contributed by atoms with Gasteiger partial charge in [0.1, 0.15) is 18.6 Å². The quantitative estimate of drug-likeness (QED) is 0.605. The number of fused-ring (bicyclic) bond motifs is 3. The van der Waals surface area contributed by atoms with Crippen molar-refractivity contribution in [2.45, 2.75) is 38.6 Å². The third-order valence-electron chi connectivity index (χ3n) is 6.68. The molecule has 1 amide bonds. The standard InChI is InChI=1S/C26H26FN3O3/c1-17-8-13-21(19-9-11-20(27)12-10-19)30-25(17)28(2)26(32)23-24(22(31)14-15-29(23)30)33-16-18-6-4-3-5-7-18/h3-7,9-12,14-15,17,21,25H,8,13,16H2,1-2H3. The van der Waals surface area contributed by atoms with Crippen molar-refractivity contribution in [1.29, 1.82) is 0 Å². The topological polar surface area (TPSA) is 54.8 Å². The molecule has 0 aliphatic carbocycles. The SMILES string of the molecule is CC1CCC(c2ccc(F)cc2)N2C1N(C)C(=O)c1c(OCc3ccccc3)c(=O)ccn12. The highest BCUT2D eigenvalue weighted by atomic mass is 19.1. The summed E-state index contributed by atoms with van der Waals surface area (Å²) in [5.41, 5.74) is 1.76. The van der Waals surface area contributed by atoms with Gasteiger partial charge in [-0.05, 0) is 42.0 Å². The number of ether oxygens (including phenoxy) is 1. The van der Waals surface area contributed by atoms with Crippen molar-refractivity contribution >= 4 is 5.91 Å². The molecule has 3 aromatic rings. The van der Waals surface area contributed by atoms with Gasteiger partial charge in [0.2, 0.25) is 5.43 Å². The first-order valence-corrected chi connectivity index (χ1v) is 11.2. The van der Waals surface area contributed by atoms with Gasteiger partial charge < -0.3 is 9.64 Å². The number of halogens is 1. The van der Waals surface area contributed by atoms with Crippen LogP contribution in [0.2, 0.25) is 0 Å². The molecule has 7 heteroatoms. The molecule has 1 fully saturated rings. The number of carbonyl (C=O) groups excluding carboxylic acids is 1. The Morgan fingerprint density at radius 2 is 1.73 bits per heavy atom. The number of rotatable bonds is 4. The van der Waals surface area contributed by atoms with Gasteiger partial charge in [-0.15, -0.1) is 0 Å². The van der Waals surface area contributed by atoms with Gasteiger partial charge in [0.05, 0.1) is 6.04 Å². The minimum absolute atomic E-state index is 0.0488. The lowest BCUT2D eigenvalue weighted by Gasteiger charge is -2.54. The highest BCUT2D eigenvalue weighted by molar-refractivity contribution is 5.96. The van der Waals surface area contributed by atoms with Gasteiger partial charge in [0.15, 0.2) is 11.4 Å². The summed E-state index contributed by atoms with van der Waals surface area (Å²) in [4.78, 5) is 28.0. The summed E-state index contributed by atoms with van der Waals surface area (Å²) < 4.78 is 21.3. The van der Waals surface area contributed by atoms with E-state index in [4.69, 9.17) is 4.74 Å². The van der Waals surface area contributed by atoms with E-state index in [-0.39, 0.29) is 53.3 Å². The van der Waals surface area contributed by atoms with Crippen LogP contribution in [0.4, 0.5) is 4.39 Å². The average Bonchev–Trinajstić information content (AvgIpc) is 2.83. The smallest absolute Gasteiger partial charge is 0.277 e. The lowest BCUT2D eigenvalue weighted by molar-refractivity contribution is 0.0434. The van der Waals surface area contributed by atoms with Crippen LogP contribution in [0.5, 0.6) is 5.75 Å². The fraction of sp³-hybridized carbons (Fsp3) is 0.308. The average molecular weight is 448 g/mol. The number of piperidine rings is 1. The highest BCUT2D eigenvalue weighted by Crippen LogP contribution is 2.40. The Morgan fingerprint density at radius 3 is 2.45 bits per heavy atom. The van der Waals surface area contributed by atoms with Crippen molar-refractivity contribution in [2.24, 2.45) is 5.92 Å². The van der Waals surface area contributed by atoms with Crippen LogP contribution in [0, 0.1) is 11.7 Å². The number of amides is 1. The van der Waals surface area contributed by atoms with E-state index < -0.39 is 0 Å². The number of hydrogen-bond acceptors (Lipinski definition) is 4. The second-order valence-corrected chi connectivity index (χ2v) is 8.81. The number of carbonyl (C=O) groups is 1. The molecular weight excluding hydrogens is 421 g/mol. The molecule has 2 aliphatic rings. The molecule has 0 saturated carbocycles. The third-order valence-corrected chi connectivity index (χ3v) is 6.68. The Bertz CT molecular complexity index is 1230. The van der Waals surface area contributed by atoms with Crippen LogP contribution in [0.1, 0.15) is 47.4 Å². The molecule has 0 bridgehead atoms. The van der Waals surface area contributed by atoms with Crippen molar-refractivity contribution in [2.75, 3.05) is 12.1 Å². The van der Waals surface area contributed by atoms with Gasteiger partial charge in [-0.3, -0.25) is 19.3 Å². The molecule has 3 unspecified atom stereocenters. The molecule has 1 saturated heterocycles. The van der Waals surface area contributed by atoms with E-state index in [0.29, 0.717) is 0 Å². The van der Waals surface area contributed by atoms with Crippen molar-refractivity contribution in [3.63, 3.8) is 0 Å². The molecule has 2 aliphatic heterocycles. The van der Waals surface area contributed by atoms with Gasteiger partial charge in [-0.25, -0.2) is 4.39 Å². The fourth-order valence-corrected chi connectivity index (χ4v) is 5.04. The summed E-state index contributed by atoms with van der Waals surface area (Å²) in [7, 11) is 1.77. The first-order chi connectivity index (χ1) is 16.0. The van der Waals surface area contributed by atoms with Crippen molar-refractivity contribution in [3.05, 3.63) is 99.7 Å². The molecule has 0 N–H and O–H groups in total. The monoisotopic (exact) mass is 447 g/mol. The zero-order valence-corrected chi connectivity index (χ0v) is 18.6. The molecule has 1 aromatic heterocycles. The Hall–Kier alpha value is -3.61. The minimum Gasteiger partial charge on any atom is -0.482 e. The van der Waals surface area contributed by atoms with Crippen LogP contribution in [-0.4, -0.2) is 28.7 Å². The summed E-state index contributed by atoms with van der Waals surface area (Å²) in [6.07, 6.45) is 3.22. The molecule has 3 atom stereocenters.